The second-order valence-electron chi connectivity index (χ2n) is 8.62. The van der Waals surface area contributed by atoms with Crippen LogP contribution in [-0.2, 0) is 20.8 Å². The zero-order valence-electron chi connectivity index (χ0n) is 18.9. The summed E-state index contributed by atoms with van der Waals surface area (Å²) >= 11 is 0. The monoisotopic (exact) mass is 475 g/mol. The lowest BCUT2D eigenvalue weighted by molar-refractivity contribution is -0.125. The zero-order valence-corrected chi connectivity index (χ0v) is 18.9. The second kappa shape index (κ2) is 9.67. The first-order valence-electron chi connectivity index (χ1n) is 11.5. The third-order valence-electron chi connectivity index (χ3n) is 6.31. The molecule has 2 aromatic rings. The van der Waals surface area contributed by atoms with Crippen LogP contribution in [0.15, 0.2) is 18.2 Å². The van der Waals surface area contributed by atoms with Crippen molar-refractivity contribution in [3.63, 3.8) is 0 Å². The molecule has 0 aliphatic carbocycles. The summed E-state index contributed by atoms with van der Waals surface area (Å²) in [7, 11) is 1.44. The lowest BCUT2D eigenvalue weighted by Gasteiger charge is -2.35. The number of fused-ring (bicyclic) bond motifs is 1. The van der Waals surface area contributed by atoms with Crippen molar-refractivity contribution >= 4 is 23.4 Å². The molecule has 3 aliphatic rings. The largest absolute Gasteiger partial charge is 0.487 e. The molecular formula is C23H27F2N5O4. The van der Waals surface area contributed by atoms with Crippen LogP contribution in [-0.4, -0.2) is 61.4 Å². The van der Waals surface area contributed by atoms with E-state index in [9.17, 15) is 13.6 Å². The maximum atomic E-state index is 14.0. The molecule has 5 rings (SSSR count). The van der Waals surface area contributed by atoms with Crippen molar-refractivity contribution in [1.29, 1.82) is 0 Å². The highest BCUT2D eigenvalue weighted by molar-refractivity contribution is 5.93. The van der Waals surface area contributed by atoms with Crippen LogP contribution in [0.5, 0.6) is 5.75 Å². The Kier molecular flexibility index (Phi) is 6.46. The van der Waals surface area contributed by atoms with Crippen molar-refractivity contribution in [2.45, 2.75) is 44.2 Å². The van der Waals surface area contributed by atoms with Crippen molar-refractivity contribution in [2.75, 3.05) is 48.7 Å². The number of anilines is 3. The Balaban J connectivity index is 1.36. The summed E-state index contributed by atoms with van der Waals surface area (Å²) in [5.74, 6) is 0.241. The van der Waals surface area contributed by atoms with E-state index in [-0.39, 0.29) is 23.8 Å². The van der Waals surface area contributed by atoms with Crippen LogP contribution in [0, 0.1) is 11.6 Å². The van der Waals surface area contributed by atoms with Crippen molar-refractivity contribution in [3.8, 4) is 5.75 Å². The summed E-state index contributed by atoms with van der Waals surface area (Å²) in [5, 5.41) is 4.66. The molecule has 0 bridgehead atoms. The lowest BCUT2D eigenvalue weighted by Crippen LogP contribution is -2.41. The Morgan fingerprint density at radius 1 is 1.12 bits per heavy atom. The van der Waals surface area contributed by atoms with E-state index < -0.39 is 11.6 Å². The van der Waals surface area contributed by atoms with Gasteiger partial charge in [-0.1, -0.05) is 0 Å². The number of aromatic nitrogens is 2. The molecule has 182 valence electrons. The summed E-state index contributed by atoms with van der Waals surface area (Å²) in [5.41, 5.74) is 0.705. The second-order valence-corrected chi connectivity index (χ2v) is 8.62. The number of piperidine rings is 1. The molecule has 11 heteroatoms. The van der Waals surface area contributed by atoms with Gasteiger partial charge < -0.3 is 19.7 Å². The molecule has 9 nitrogen and oxygen atoms in total. The van der Waals surface area contributed by atoms with Crippen LogP contribution in [0.4, 0.5) is 26.2 Å². The number of halogens is 2. The molecule has 1 N–H and O–H groups in total. The zero-order chi connectivity index (χ0) is 23.7. The molecule has 4 heterocycles. The number of hydroxylamine groups is 1. The molecule has 1 aromatic heterocycles. The summed E-state index contributed by atoms with van der Waals surface area (Å²) < 4.78 is 38.5. The van der Waals surface area contributed by atoms with E-state index in [0.717, 1.165) is 12.5 Å². The molecule has 0 radical (unpaired) electrons. The van der Waals surface area contributed by atoms with E-state index in [0.29, 0.717) is 75.1 Å². The predicted molar refractivity (Wildman–Crippen MR) is 120 cm³/mol. The minimum absolute atomic E-state index is 0.0475. The van der Waals surface area contributed by atoms with Gasteiger partial charge in [0.25, 0.3) is 5.91 Å². The van der Waals surface area contributed by atoms with Crippen molar-refractivity contribution in [2.24, 2.45) is 0 Å². The SMILES string of the molecule is CON1C(=O)CCc2nc(N[C@@H]3CCOC3)c(N3CCC(Oc4ccc(F)cc4F)CC3)nc21. The van der Waals surface area contributed by atoms with Crippen LogP contribution in [0.1, 0.15) is 31.4 Å². The number of hydrogen-bond acceptors (Lipinski definition) is 8. The number of rotatable bonds is 6. The number of hydrogen-bond donors (Lipinski definition) is 1. The van der Waals surface area contributed by atoms with Gasteiger partial charge >= 0.3 is 0 Å². The van der Waals surface area contributed by atoms with E-state index in [2.05, 4.69) is 10.2 Å². The maximum Gasteiger partial charge on any atom is 0.252 e. The Morgan fingerprint density at radius 2 is 1.94 bits per heavy atom. The minimum atomic E-state index is -0.711. The maximum absolute atomic E-state index is 14.0. The van der Waals surface area contributed by atoms with Gasteiger partial charge in [0.05, 0.1) is 25.5 Å². The number of nitrogens with zero attached hydrogens (tertiary/aromatic N) is 4. The number of carbonyl (C=O) groups excluding carboxylic acids is 1. The number of benzene rings is 1. The first kappa shape index (κ1) is 22.7. The molecule has 34 heavy (non-hydrogen) atoms. The molecule has 1 atom stereocenters. The normalized spacial score (nSPS) is 21.0. The Labute approximate surface area is 196 Å². The average Bonchev–Trinajstić information content (AvgIpc) is 3.34. The fraction of sp³-hybridized carbons (Fsp3) is 0.522. The van der Waals surface area contributed by atoms with Gasteiger partial charge in [0.2, 0.25) is 0 Å². The Hall–Kier alpha value is -3.05. The standard InChI is InChI=1S/C23H27F2N5O4/c1-32-30-20(31)5-3-18-22(30)28-23(21(27-18)26-15-8-11-33-13-15)29-9-6-16(7-10-29)34-19-4-2-14(24)12-17(19)25/h2,4,12,15-16H,3,5-11,13H2,1H3,(H,26,27)/t15-/m1/s1. The van der Waals surface area contributed by atoms with Crippen molar-refractivity contribution < 1.29 is 27.9 Å². The number of ether oxygens (including phenoxy) is 2. The number of aryl methyl sites for hydroxylation is 1. The highest BCUT2D eigenvalue weighted by Gasteiger charge is 2.32. The summed E-state index contributed by atoms with van der Waals surface area (Å²) in [6.07, 6.45) is 2.71. The molecule has 0 saturated carbocycles. The average molecular weight is 475 g/mol. The van der Waals surface area contributed by atoms with Crippen molar-refractivity contribution in [3.05, 3.63) is 35.5 Å². The molecule has 0 spiro atoms. The van der Waals surface area contributed by atoms with E-state index in [1.54, 1.807) is 0 Å². The topological polar surface area (TPSA) is 89.0 Å². The summed E-state index contributed by atoms with van der Waals surface area (Å²) in [6.45, 7) is 2.48. The first-order valence-corrected chi connectivity index (χ1v) is 11.5. The van der Waals surface area contributed by atoms with Crippen LogP contribution in [0.2, 0.25) is 0 Å². The van der Waals surface area contributed by atoms with E-state index in [1.165, 1.54) is 24.3 Å². The quantitative estimate of drug-likeness (QED) is 0.683. The van der Waals surface area contributed by atoms with Gasteiger partial charge in [-0.3, -0.25) is 9.63 Å². The van der Waals surface area contributed by atoms with Gasteiger partial charge in [-0.05, 0) is 18.6 Å². The minimum Gasteiger partial charge on any atom is -0.487 e. The lowest BCUT2D eigenvalue weighted by atomic mass is 10.1. The van der Waals surface area contributed by atoms with Gasteiger partial charge in [-0.15, -0.1) is 0 Å². The predicted octanol–water partition coefficient (Wildman–Crippen LogP) is 2.84. The Morgan fingerprint density at radius 3 is 2.65 bits per heavy atom. The molecule has 2 saturated heterocycles. The van der Waals surface area contributed by atoms with E-state index in [4.69, 9.17) is 24.3 Å². The molecule has 3 aliphatic heterocycles. The van der Waals surface area contributed by atoms with Crippen LogP contribution in [0.3, 0.4) is 0 Å². The van der Waals surface area contributed by atoms with E-state index >= 15 is 0 Å². The van der Waals surface area contributed by atoms with Crippen molar-refractivity contribution in [1.82, 2.24) is 9.97 Å². The Bertz CT molecular complexity index is 1060. The fourth-order valence-corrected chi connectivity index (χ4v) is 4.51. The number of amides is 1. The van der Waals surface area contributed by atoms with E-state index in [1.807, 2.05) is 0 Å². The highest BCUT2D eigenvalue weighted by atomic mass is 19.1. The molecule has 1 aromatic carbocycles. The number of nitrogens with one attached hydrogen (secondary N) is 1. The third kappa shape index (κ3) is 4.62. The first-order chi connectivity index (χ1) is 16.5. The van der Waals surface area contributed by atoms with Crippen LogP contribution in [0.25, 0.3) is 0 Å². The van der Waals surface area contributed by atoms with Gasteiger partial charge in [-0.25, -0.2) is 18.7 Å². The molecule has 0 unspecified atom stereocenters. The van der Waals surface area contributed by atoms with Crippen LogP contribution >= 0.6 is 0 Å². The van der Waals surface area contributed by atoms with Gasteiger partial charge in [0, 0.05) is 51.4 Å². The third-order valence-corrected chi connectivity index (χ3v) is 6.31. The van der Waals surface area contributed by atoms with Gasteiger partial charge in [-0.2, -0.15) is 5.06 Å². The summed E-state index contributed by atoms with van der Waals surface area (Å²) in [6, 6.07) is 3.45. The summed E-state index contributed by atoms with van der Waals surface area (Å²) in [4.78, 5) is 29.3. The fourth-order valence-electron chi connectivity index (χ4n) is 4.51. The van der Waals surface area contributed by atoms with Crippen LogP contribution < -0.4 is 20.0 Å². The smallest absolute Gasteiger partial charge is 0.252 e. The van der Waals surface area contributed by atoms with Gasteiger partial charge in [0.15, 0.2) is 29.0 Å². The molecule has 1 amide bonds. The van der Waals surface area contributed by atoms with Gasteiger partial charge in [0.1, 0.15) is 11.9 Å². The molecular weight excluding hydrogens is 448 g/mol. The highest BCUT2D eigenvalue weighted by Crippen LogP contribution is 2.34. The molecule has 2 fully saturated rings. The number of carbonyl (C=O) groups is 1.